The average molecular weight is 300 g/mol. The third-order valence-electron chi connectivity index (χ3n) is 5.50. The number of nitrogens with zero attached hydrogens (tertiary/aromatic N) is 1. The summed E-state index contributed by atoms with van der Waals surface area (Å²) in [5.41, 5.74) is 6.84. The molecule has 3 rings (SSSR count). The van der Waals surface area contributed by atoms with Crippen molar-refractivity contribution >= 4 is 5.91 Å². The Labute approximate surface area is 133 Å². The highest BCUT2D eigenvalue weighted by atomic mass is 16.1. The van der Waals surface area contributed by atoms with Crippen molar-refractivity contribution in [1.29, 1.82) is 0 Å². The monoisotopic (exact) mass is 300 g/mol. The largest absolute Gasteiger partial charge is 0.370 e. The van der Waals surface area contributed by atoms with E-state index < -0.39 is 0 Å². The van der Waals surface area contributed by atoms with E-state index >= 15 is 0 Å². The highest BCUT2D eigenvalue weighted by molar-refractivity contribution is 5.73. The van der Waals surface area contributed by atoms with E-state index in [-0.39, 0.29) is 5.91 Å². The maximum atomic E-state index is 11.1. The van der Waals surface area contributed by atoms with Gasteiger partial charge in [0.15, 0.2) is 0 Å². The van der Waals surface area contributed by atoms with Crippen LogP contribution in [0.3, 0.4) is 0 Å². The van der Waals surface area contributed by atoms with Gasteiger partial charge in [0.1, 0.15) is 0 Å². The minimum Gasteiger partial charge on any atom is -0.370 e. The van der Waals surface area contributed by atoms with Crippen molar-refractivity contribution in [2.24, 2.45) is 17.6 Å². The van der Waals surface area contributed by atoms with Crippen LogP contribution in [0, 0.1) is 11.8 Å². The van der Waals surface area contributed by atoms with Gasteiger partial charge in [-0.2, -0.15) is 0 Å². The number of amides is 1. The molecule has 0 bridgehead atoms. The number of carbonyl (C=O) groups excluding carboxylic acids is 1. The van der Waals surface area contributed by atoms with E-state index in [1.54, 1.807) is 0 Å². The molecule has 0 spiro atoms. The minimum absolute atomic E-state index is 0.136. The molecule has 2 aliphatic rings. The summed E-state index contributed by atoms with van der Waals surface area (Å²) in [6.07, 6.45) is 8.02. The molecule has 1 aromatic carbocycles. The van der Waals surface area contributed by atoms with E-state index in [0.717, 1.165) is 18.8 Å². The molecule has 2 N–H and O–H groups in total. The highest BCUT2D eigenvalue weighted by Gasteiger charge is 2.33. The van der Waals surface area contributed by atoms with Gasteiger partial charge in [-0.05, 0) is 69.0 Å². The molecule has 22 heavy (non-hydrogen) atoms. The summed E-state index contributed by atoms with van der Waals surface area (Å²) in [6.45, 7) is 2.47. The predicted octanol–water partition coefficient (Wildman–Crippen LogP) is 3.51. The van der Waals surface area contributed by atoms with Crippen LogP contribution in [0.2, 0.25) is 0 Å². The third kappa shape index (κ3) is 3.70. The van der Waals surface area contributed by atoms with Gasteiger partial charge in [-0.15, -0.1) is 0 Å². The quantitative estimate of drug-likeness (QED) is 0.904. The van der Waals surface area contributed by atoms with Gasteiger partial charge in [0.05, 0.1) is 0 Å². The second-order valence-electron chi connectivity index (χ2n) is 7.05. The molecule has 0 aromatic heterocycles. The molecule has 1 aromatic rings. The lowest BCUT2D eigenvalue weighted by Gasteiger charge is -2.39. The van der Waals surface area contributed by atoms with Crippen molar-refractivity contribution in [3.63, 3.8) is 0 Å². The van der Waals surface area contributed by atoms with Gasteiger partial charge in [-0.25, -0.2) is 0 Å². The molecule has 3 nitrogen and oxygen atoms in total. The number of hydrogen-bond acceptors (Lipinski definition) is 2. The standard InChI is InChI=1S/C19H28N2O/c20-18(22)14-15-8-10-17(11-9-15)19(21-12-4-5-13-21)16-6-2-1-3-7-16/h1-3,6-7,15,17,19H,4-5,8-14H2,(H2,20,22). The van der Waals surface area contributed by atoms with E-state index in [4.69, 9.17) is 5.73 Å². The molecule has 0 radical (unpaired) electrons. The molecule has 1 aliphatic heterocycles. The number of rotatable bonds is 5. The van der Waals surface area contributed by atoms with Crippen LogP contribution in [0.4, 0.5) is 0 Å². The first-order valence-electron chi connectivity index (χ1n) is 8.81. The fraction of sp³-hybridized carbons (Fsp3) is 0.632. The Kier molecular flexibility index (Phi) is 5.14. The van der Waals surface area contributed by atoms with Gasteiger partial charge in [0.2, 0.25) is 5.91 Å². The van der Waals surface area contributed by atoms with Crippen molar-refractivity contribution in [3.8, 4) is 0 Å². The van der Waals surface area contributed by atoms with E-state index in [1.807, 2.05) is 0 Å². The normalized spacial score (nSPS) is 27.6. The van der Waals surface area contributed by atoms with Crippen LogP contribution in [0.5, 0.6) is 0 Å². The van der Waals surface area contributed by atoms with E-state index in [1.165, 1.54) is 44.3 Å². The summed E-state index contributed by atoms with van der Waals surface area (Å²) < 4.78 is 0. The fourth-order valence-electron chi connectivity index (χ4n) is 4.44. The van der Waals surface area contributed by atoms with E-state index in [0.29, 0.717) is 18.4 Å². The van der Waals surface area contributed by atoms with Crippen LogP contribution < -0.4 is 5.73 Å². The second-order valence-corrected chi connectivity index (χ2v) is 7.05. The molecule has 1 atom stereocenters. The topological polar surface area (TPSA) is 46.3 Å². The van der Waals surface area contributed by atoms with Crippen LogP contribution in [0.25, 0.3) is 0 Å². The van der Waals surface area contributed by atoms with Gasteiger partial charge < -0.3 is 5.73 Å². The number of nitrogens with two attached hydrogens (primary N) is 1. The lowest BCUT2D eigenvalue weighted by Crippen LogP contribution is -2.34. The Balaban J connectivity index is 1.69. The van der Waals surface area contributed by atoms with Crippen molar-refractivity contribution in [2.45, 2.75) is 51.0 Å². The first kappa shape index (κ1) is 15.5. The Morgan fingerprint density at radius 1 is 1.09 bits per heavy atom. The van der Waals surface area contributed by atoms with E-state index in [9.17, 15) is 4.79 Å². The molecule has 1 amide bonds. The Morgan fingerprint density at radius 2 is 1.73 bits per heavy atom. The number of likely N-dealkylation sites (tertiary alicyclic amines) is 1. The molecular weight excluding hydrogens is 272 g/mol. The summed E-state index contributed by atoms with van der Waals surface area (Å²) in [7, 11) is 0. The Morgan fingerprint density at radius 3 is 2.32 bits per heavy atom. The third-order valence-corrected chi connectivity index (χ3v) is 5.50. The van der Waals surface area contributed by atoms with Crippen molar-refractivity contribution in [3.05, 3.63) is 35.9 Å². The van der Waals surface area contributed by atoms with Crippen molar-refractivity contribution < 1.29 is 4.79 Å². The van der Waals surface area contributed by atoms with Crippen LogP contribution >= 0.6 is 0 Å². The molecule has 120 valence electrons. The predicted molar refractivity (Wildman–Crippen MR) is 89.2 cm³/mol. The lowest BCUT2D eigenvalue weighted by molar-refractivity contribution is -0.119. The number of carbonyl (C=O) groups is 1. The summed E-state index contributed by atoms with van der Waals surface area (Å²) >= 11 is 0. The van der Waals surface area contributed by atoms with Crippen LogP contribution in [-0.4, -0.2) is 23.9 Å². The number of benzene rings is 1. The van der Waals surface area contributed by atoms with Crippen LogP contribution in [-0.2, 0) is 4.79 Å². The van der Waals surface area contributed by atoms with Crippen LogP contribution in [0.1, 0.15) is 56.6 Å². The van der Waals surface area contributed by atoms with Gasteiger partial charge in [0.25, 0.3) is 0 Å². The van der Waals surface area contributed by atoms with Gasteiger partial charge in [0, 0.05) is 12.5 Å². The van der Waals surface area contributed by atoms with Crippen molar-refractivity contribution in [1.82, 2.24) is 4.90 Å². The van der Waals surface area contributed by atoms with Crippen molar-refractivity contribution in [2.75, 3.05) is 13.1 Å². The average Bonchev–Trinajstić information content (AvgIpc) is 3.04. The molecule has 1 saturated carbocycles. The summed E-state index contributed by atoms with van der Waals surface area (Å²) in [4.78, 5) is 13.8. The van der Waals surface area contributed by atoms with Gasteiger partial charge in [-0.1, -0.05) is 30.3 Å². The first-order valence-corrected chi connectivity index (χ1v) is 8.81. The van der Waals surface area contributed by atoms with Crippen LogP contribution in [0.15, 0.2) is 30.3 Å². The molecule has 1 heterocycles. The number of primary amides is 1. The highest BCUT2D eigenvalue weighted by Crippen LogP contribution is 2.41. The molecule has 1 saturated heterocycles. The summed E-state index contributed by atoms with van der Waals surface area (Å²) in [5.74, 6) is 1.11. The molecule has 1 aliphatic carbocycles. The fourth-order valence-corrected chi connectivity index (χ4v) is 4.44. The zero-order valence-corrected chi connectivity index (χ0v) is 13.4. The summed E-state index contributed by atoms with van der Waals surface area (Å²) in [5, 5.41) is 0. The SMILES string of the molecule is NC(=O)CC1CCC(C(c2ccccc2)N2CCCC2)CC1. The first-order chi connectivity index (χ1) is 10.7. The van der Waals surface area contributed by atoms with Gasteiger partial charge in [-0.3, -0.25) is 9.69 Å². The molecule has 2 fully saturated rings. The molecular formula is C19H28N2O. The molecule has 3 heteroatoms. The maximum absolute atomic E-state index is 11.1. The minimum atomic E-state index is -0.136. The molecule has 1 unspecified atom stereocenters. The Bertz CT molecular complexity index is 473. The maximum Gasteiger partial charge on any atom is 0.217 e. The summed E-state index contributed by atoms with van der Waals surface area (Å²) in [6, 6.07) is 11.6. The van der Waals surface area contributed by atoms with Gasteiger partial charge >= 0.3 is 0 Å². The second kappa shape index (κ2) is 7.28. The Hall–Kier alpha value is -1.35. The zero-order valence-electron chi connectivity index (χ0n) is 13.4. The zero-order chi connectivity index (χ0) is 15.4. The number of hydrogen-bond donors (Lipinski definition) is 1. The smallest absolute Gasteiger partial charge is 0.217 e. The van der Waals surface area contributed by atoms with E-state index in [2.05, 4.69) is 35.2 Å². The lowest BCUT2D eigenvalue weighted by atomic mass is 9.75.